The second-order valence-corrected chi connectivity index (χ2v) is 6.54. The molecule has 1 heterocycles. The van der Waals surface area contributed by atoms with Crippen molar-refractivity contribution in [2.24, 2.45) is 11.5 Å². The summed E-state index contributed by atoms with van der Waals surface area (Å²) in [5.74, 6) is 0. The quantitative estimate of drug-likeness (QED) is 0.339. The zero-order valence-electron chi connectivity index (χ0n) is 14.8. The van der Waals surface area contributed by atoms with Crippen molar-refractivity contribution in [3.05, 3.63) is 41.5 Å². The number of likely N-dealkylation sites (N-methyl/N-ethyl adjacent to an activating group) is 1. The van der Waals surface area contributed by atoms with Crippen LogP contribution in [0, 0.1) is 0 Å². The number of benzene rings is 1. The van der Waals surface area contributed by atoms with Crippen LogP contribution in [0.4, 0.5) is 0 Å². The number of hydrogen-bond acceptors (Lipinski definition) is 6. The Morgan fingerprint density at radius 3 is 2.67 bits per heavy atom. The zero-order chi connectivity index (χ0) is 18.3. The highest BCUT2D eigenvalue weighted by molar-refractivity contribution is 6.61. The highest BCUT2D eigenvalue weighted by Gasteiger charge is 2.33. The second-order valence-electron chi connectivity index (χ2n) is 6.54. The van der Waals surface area contributed by atoms with E-state index in [0.717, 1.165) is 23.1 Å². The predicted molar refractivity (Wildman–Crippen MR) is 97.9 cm³/mol. The SMILES string of the molecule is CC(=CC(C)(C)N)C(N)C=O.CNCC1OB(O)c2ccccc21. The van der Waals surface area contributed by atoms with Crippen LogP contribution < -0.4 is 22.2 Å². The van der Waals surface area contributed by atoms with Gasteiger partial charge in [0.2, 0.25) is 0 Å². The van der Waals surface area contributed by atoms with Gasteiger partial charge in [0, 0.05) is 12.1 Å². The standard InChI is InChI=1S/C9H12BNO2.C8H16N2O/c1-11-6-9-7-4-2-3-5-8(7)10(12)13-9;1-6(7(9)5-11)4-8(2,3)10/h2-5,9,11-12H,6H2,1H3;4-5,7H,9-10H2,1-3H3. The highest BCUT2D eigenvalue weighted by atomic mass is 16.5. The van der Waals surface area contributed by atoms with E-state index in [-0.39, 0.29) is 6.10 Å². The summed E-state index contributed by atoms with van der Waals surface area (Å²) in [5.41, 5.74) is 13.5. The Hall–Kier alpha value is -1.51. The highest BCUT2D eigenvalue weighted by Crippen LogP contribution is 2.21. The number of rotatable bonds is 5. The van der Waals surface area contributed by atoms with Crippen molar-refractivity contribution in [2.45, 2.75) is 38.5 Å². The molecule has 1 aliphatic rings. The molecule has 7 heteroatoms. The molecule has 0 spiro atoms. The topological polar surface area (TPSA) is 111 Å². The van der Waals surface area contributed by atoms with Gasteiger partial charge in [-0.15, -0.1) is 0 Å². The van der Waals surface area contributed by atoms with Crippen LogP contribution in [-0.4, -0.2) is 43.6 Å². The number of carbonyl (C=O) groups is 1. The van der Waals surface area contributed by atoms with Gasteiger partial charge in [0.05, 0.1) is 12.1 Å². The van der Waals surface area contributed by atoms with Crippen LogP contribution >= 0.6 is 0 Å². The van der Waals surface area contributed by atoms with Crippen molar-refractivity contribution >= 4 is 18.9 Å². The van der Waals surface area contributed by atoms with Crippen molar-refractivity contribution in [3.63, 3.8) is 0 Å². The van der Waals surface area contributed by atoms with Crippen molar-refractivity contribution < 1.29 is 14.5 Å². The van der Waals surface area contributed by atoms with Gasteiger partial charge in [-0.2, -0.15) is 0 Å². The van der Waals surface area contributed by atoms with Crippen molar-refractivity contribution in [2.75, 3.05) is 13.6 Å². The lowest BCUT2D eigenvalue weighted by atomic mass is 9.79. The molecule has 0 bridgehead atoms. The largest absolute Gasteiger partial charge is 0.492 e. The summed E-state index contributed by atoms with van der Waals surface area (Å²) in [6.07, 6.45) is 2.49. The monoisotopic (exact) mass is 333 g/mol. The smallest absolute Gasteiger partial charge is 0.423 e. The lowest BCUT2D eigenvalue weighted by Gasteiger charge is -2.15. The van der Waals surface area contributed by atoms with Gasteiger partial charge >= 0.3 is 7.12 Å². The third kappa shape index (κ3) is 6.18. The van der Waals surface area contributed by atoms with Gasteiger partial charge in [-0.05, 0) is 38.8 Å². The van der Waals surface area contributed by atoms with E-state index in [1.54, 1.807) is 13.0 Å². The first-order valence-electron chi connectivity index (χ1n) is 7.95. The average molecular weight is 333 g/mol. The van der Waals surface area contributed by atoms with E-state index in [1.165, 1.54) is 0 Å². The molecule has 6 N–H and O–H groups in total. The maximum Gasteiger partial charge on any atom is 0.492 e. The number of carbonyl (C=O) groups excluding carboxylic acids is 1. The molecule has 2 unspecified atom stereocenters. The minimum atomic E-state index is -0.755. The van der Waals surface area contributed by atoms with E-state index in [4.69, 9.17) is 16.1 Å². The first-order valence-corrected chi connectivity index (χ1v) is 7.95. The van der Waals surface area contributed by atoms with Crippen molar-refractivity contribution in [3.8, 4) is 0 Å². The number of nitrogens with two attached hydrogens (primary N) is 2. The van der Waals surface area contributed by atoms with Gasteiger partial charge in [0.1, 0.15) is 6.29 Å². The first kappa shape index (κ1) is 20.5. The van der Waals surface area contributed by atoms with Gasteiger partial charge in [-0.25, -0.2) is 0 Å². The number of aldehydes is 1. The minimum absolute atomic E-state index is 0.0174. The molecule has 24 heavy (non-hydrogen) atoms. The normalized spacial score (nSPS) is 18.5. The van der Waals surface area contributed by atoms with E-state index in [0.29, 0.717) is 6.29 Å². The molecule has 2 rings (SSSR count). The maximum atomic E-state index is 10.2. The Bertz CT molecular complexity index is 572. The molecule has 1 aromatic carbocycles. The van der Waals surface area contributed by atoms with Crippen LogP contribution in [0.1, 0.15) is 32.4 Å². The fraction of sp³-hybridized carbons (Fsp3) is 0.471. The van der Waals surface area contributed by atoms with Crippen LogP contribution in [0.3, 0.4) is 0 Å². The molecule has 6 nitrogen and oxygen atoms in total. The summed E-state index contributed by atoms with van der Waals surface area (Å²) < 4.78 is 5.37. The third-order valence-electron chi connectivity index (χ3n) is 3.56. The van der Waals surface area contributed by atoms with Crippen LogP contribution in [0.2, 0.25) is 0 Å². The van der Waals surface area contributed by atoms with Crippen LogP contribution in [0.5, 0.6) is 0 Å². The average Bonchev–Trinajstić information content (AvgIpc) is 2.83. The molecule has 1 aliphatic heterocycles. The molecule has 1 aromatic rings. The molecule has 0 radical (unpaired) electrons. The molecule has 2 atom stereocenters. The van der Waals surface area contributed by atoms with Gasteiger partial charge in [0.25, 0.3) is 0 Å². The Labute approximate surface area is 144 Å². The van der Waals surface area contributed by atoms with Crippen LogP contribution in [0.25, 0.3) is 0 Å². The summed E-state index contributed by atoms with van der Waals surface area (Å²) in [5, 5.41) is 12.6. The molecule has 0 aliphatic carbocycles. The third-order valence-corrected chi connectivity index (χ3v) is 3.56. The van der Waals surface area contributed by atoms with Gasteiger partial charge in [-0.3, -0.25) is 0 Å². The summed E-state index contributed by atoms with van der Waals surface area (Å²) >= 11 is 0. The van der Waals surface area contributed by atoms with E-state index >= 15 is 0 Å². The minimum Gasteiger partial charge on any atom is -0.423 e. The molecule has 0 saturated heterocycles. The van der Waals surface area contributed by atoms with Gasteiger partial charge in [0.15, 0.2) is 0 Å². The lowest BCUT2D eigenvalue weighted by molar-refractivity contribution is -0.108. The van der Waals surface area contributed by atoms with Crippen molar-refractivity contribution in [1.29, 1.82) is 0 Å². The maximum absolute atomic E-state index is 10.2. The second kappa shape index (κ2) is 9.10. The van der Waals surface area contributed by atoms with Gasteiger partial charge < -0.3 is 31.3 Å². The molecular weight excluding hydrogens is 305 g/mol. The Morgan fingerprint density at radius 2 is 2.12 bits per heavy atom. The van der Waals surface area contributed by atoms with Crippen LogP contribution in [-0.2, 0) is 9.45 Å². The molecule has 132 valence electrons. The fourth-order valence-electron chi connectivity index (χ4n) is 2.47. The summed E-state index contributed by atoms with van der Waals surface area (Å²) in [4.78, 5) is 10.2. The number of fused-ring (bicyclic) bond motifs is 1. The lowest BCUT2D eigenvalue weighted by Crippen LogP contribution is -2.32. The molecule has 0 fully saturated rings. The van der Waals surface area contributed by atoms with Crippen molar-refractivity contribution in [1.82, 2.24) is 5.32 Å². The van der Waals surface area contributed by atoms with E-state index in [9.17, 15) is 9.82 Å². The molecular formula is C17H28BN3O3. The first-order chi connectivity index (χ1) is 11.2. The molecule has 0 aromatic heterocycles. The zero-order valence-corrected chi connectivity index (χ0v) is 14.8. The fourth-order valence-corrected chi connectivity index (χ4v) is 2.47. The molecule has 0 amide bonds. The predicted octanol–water partition coefficient (Wildman–Crippen LogP) is -0.139. The van der Waals surface area contributed by atoms with E-state index in [2.05, 4.69) is 5.32 Å². The Kier molecular flexibility index (Phi) is 7.79. The summed E-state index contributed by atoms with van der Waals surface area (Å²) in [7, 11) is 1.12. The Morgan fingerprint density at radius 1 is 1.50 bits per heavy atom. The Balaban J connectivity index is 0.000000245. The summed E-state index contributed by atoms with van der Waals surface area (Å²) in [6.45, 7) is 6.24. The van der Waals surface area contributed by atoms with E-state index in [1.807, 2.05) is 45.2 Å². The van der Waals surface area contributed by atoms with Crippen LogP contribution in [0.15, 0.2) is 35.9 Å². The molecule has 0 saturated carbocycles. The summed E-state index contributed by atoms with van der Waals surface area (Å²) in [6, 6.07) is 7.25. The number of nitrogens with one attached hydrogen (secondary N) is 1. The van der Waals surface area contributed by atoms with E-state index < -0.39 is 18.7 Å². The van der Waals surface area contributed by atoms with Gasteiger partial charge in [-0.1, -0.05) is 35.9 Å². The number of hydrogen-bond donors (Lipinski definition) is 4.